The molecule has 0 aliphatic rings. The molecule has 6 heteroatoms. The second-order valence-electron chi connectivity index (χ2n) is 23.8. The summed E-state index contributed by atoms with van der Waals surface area (Å²) in [5.41, 5.74) is 18.9. The van der Waals surface area contributed by atoms with Gasteiger partial charge in [-0.25, -0.2) is 29.9 Å². The molecule has 0 atom stereocenters. The predicted molar refractivity (Wildman–Crippen MR) is 388 cm³/mol. The first-order valence-corrected chi connectivity index (χ1v) is 31.7. The van der Waals surface area contributed by atoms with Gasteiger partial charge in [-0.15, -0.1) is 0 Å². The van der Waals surface area contributed by atoms with Gasteiger partial charge in [-0.05, 0) is 134 Å². The van der Waals surface area contributed by atoms with Crippen LogP contribution in [0.25, 0.3) is 178 Å². The van der Waals surface area contributed by atoms with Gasteiger partial charge in [-0.2, -0.15) is 0 Å². The van der Waals surface area contributed by atoms with Crippen LogP contribution in [0.1, 0.15) is 0 Å². The van der Waals surface area contributed by atoms with E-state index in [4.69, 9.17) is 29.9 Å². The maximum atomic E-state index is 5.21. The molecule has 17 aromatic rings. The number of rotatable bonds is 12. The summed E-state index contributed by atoms with van der Waals surface area (Å²) in [6.45, 7) is 0. The van der Waals surface area contributed by atoms with Crippen molar-refractivity contribution in [1.82, 2.24) is 29.9 Å². The van der Waals surface area contributed by atoms with Crippen molar-refractivity contribution >= 4 is 43.1 Å². The van der Waals surface area contributed by atoms with Gasteiger partial charge in [0.2, 0.25) is 0 Å². The Morgan fingerprint density at radius 1 is 0.128 bits per heavy atom. The van der Waals surface area contributed by atoms with Crippen LogP contribution < -0.4 is 0 Å². The first kappa shape index (κ1) is 55.4. The zero-order chi connectivity index (χ0) is 62.3. The molecule has 0 unspecified atom stereocenters. The van der Waals surface area contributed by atoms with Gasteiger partial charge in [-0.3, -0.25) is 0 Å². The van der Waals surface area contributed by atoms with E-state index in [-0.39, 0.29) is 0 Å². The summed E-state index contributed by atoms with van der Waals surface area (Å²) in [6.07, 6.45) is 0. The van der Waals surface area contributed by atoms with Gasteiger partial charge in [-0.1, -0.05) is 315 Å². The van der Waals surface area contributed by atoms with E-state index in [2.05, 4.69) is 328 Å². The smallest absolute Gasteiger partial charge is 0.164 e. The lowest BCUT2D eigenvalue weighted by atomic mass is 9.93. The molecule has 0 saturated heterocycles. The molecule has 6 nitrogen and oxygen atoms in total. The summed E-state index contributed by atoms with van der Waals surface area (Å²) >= 11 is 0. The third-order valence-corrected chi connectivity index (χ3v) is 18.0. The lowest BCUT2D eigenvalue weighted by Gasteiger charge is -2.13. The number of fused-ring (bicyclic) bond motifs is 6. The Morgan fingerprint density at radius 3 is 0.713 bits per heavy atom. The number of benzene rings is 15. The van der Waals surface area contributed by atoms with Crippen LogP contribution in [0.4, 0.5) is 0 Å². The van der Waals surface area contributed by atoms with Crippen molar-refractivity contribution in [3.63, 3.8) is 0 Å². The number of hydrogen-bond donors (Lipinski definition) is 0. The lowest BCUT2D eigenvalue weighted by molar-refractivity contribution is 1.07. The minimum absolute atomic E-state index is 0.595. The maximum Gasteiger partial charge on any atom is 0.164 e. The zero-order valence-electron chi connectivity index (χ0n) is 51.0. The van der Waals surface area contributed by atoms with Crippen molar-refractivity contribution in [2.75, 3.05) is 0 Å². The first-order chi connectivity index (χ1) is 46.5. The van der Waals surface area contributed by atoms with Gasteiger partial charge in [0, 0.05) is 33.4 Å². The maximum absolute atomic E-state index is 5.21. The van der Waals surface area contributed by atoms with Gasteiger partial charge in [0.15, 0.2) is 34.9 Å². The van der Waals surface area contributed by atoms with Crippen molar-refractivity contribution in [2.45, 2.75) is 0 Å². The van der Waals surface area contributed by atoms with Crippen molar-refractivity contribution < 1.29 is 0 Å². The summed E-state index contributed by atoms with van der Waals surface area (Å²) in [6, 6.07) is 120. The fraction of sp³-hybridized carbons (Fsp3) is 0. The molecule has 94 heavy (non-hydrogen) atoms. The summed E-state index contributed by atoms with van der Waals surface area (Å²) in [5.74, 6) is 3.61. The summed E-state index contributed by atoms with van der Waals surface area (Å²) in [4.78, 5) is 31.1. The Balaban J connectivity index is 0.678. The van der Waals surface area contributed by atoms with Crippen molar-refractivity contribution in [3.05, 3.63) is 340 Å². The van der Waals surface area contributed by atoms with E-state index in [1.54, 1.807) is 0 Å². The minimum Gasteiger partial charge on any atom is -0.208 e. The van der Waals surface area contributed by atoms with E-state index in [9.17, 15) is 0 Å². The van der Waals surface area contributed by atoms with E-state index >= 15 is 0 Å². The highest BCUT2D eigenvalue weighted by molar-refractivity contribution is 6.15. The van der Waals surface area contributed by atoms with Crippen LogP contribution in [0.15, 0.2) is 340 Å². The third kappa shape index (κ3) is 10.7. The largest absolute Gasteiger partial charge is 0.208 e. The molecule has 0 radical (unpaired) electrons. The zero-order valence-corrected chi connectivity index (χ0v) is 51.0. The van der Waals surface area contributed by atoms with Crippen molar-refractivity contribution in [1.29, 1.82) is 0 Å². The number of hydrogen-bond acceptors (Lipinski definition) is 6. The van der Waals surface area contributed by atoms with Gasteiger partial charge in [0.1, 0.15) is 0 Å². The molecule has 0 N–H and O–H groups in total. The molecule has 17 rings (SSSR count). The van der Waals surface area contributed by atoms with Gasteiger partial charge in [0.25, 0.3) is 0 Å². The lowest BCUT2D eigenvalue weighted by Crippen LogP contribution is -2.00. The Labute approximate surface area is 544 Å². The summed E-state index contributed by atoms with van der Waals surface area (Å²) in [5, 5.41) is 9.84. The average molecular weight is 1200 g/mol. The topological polar surface area (TPSA) is 77.3 Å². The quantitative estimate of drug-likeness (QED) is 0.113. The molecule has 0 amide bonds. The molecule has 0 bridgehead atoms. The average Bonchev–Trinajstić information content (AvgIpc) is 0.879. The van der Waals surface area contributed by atoms with Crippen LogP contribution in [0.3, 0.4) is 0 Å². The SMILES string of the molecule is c1ccc(-c2ccc(-c3nc(-c4ccc(-c5cccc(-c6ccc(-c7nc(-c8ccc(-c9cc%10ccccc%10c%10ccccc9%10)cc8)nc(-c8cccc(-c9ccccc9)c8)n7)cc6)c5)cc4)nc(-c4ccc(-c5cc6ccccc6c6ccccc56)cc4)n3)cc2)cc1. The molecule has 0 fully saturated rings. The van der Waals surface area contributed by atoms with Gasteiger partial charge >= 0.3 is 0 Å². The molecule has 0 aliphatic heterocycles. The Kier molecular flexibility index (Phi) is 14.1. The molecule has 0 aliphatic carbocycles. The number of aromatic nitrogens is 6. The molecular formula is C88H56N6. The Morgan fingerprint density at radius 2 is 0.351 bits per heavy atom. The minimum atomic E-state index is 0.595. The van der Waals surface area contributed by atoms with Crippen molar-refractivity contribution in [3.8, 4) is 135 Å². The standard InChI is InChI=1S/C88H56N6/c1-3-17-57(18-4-1)59-33-43-64(44-34-59)83-89-84(91-85(90-83)67-49-39-62(40-50-67)81-55-72-21-7-9-27-75(72)77-29-11-13-31-79(77)81)65-45-35-60(36-46-65)69-23-15-24-70(53-69)61-37-47-66(48-38-61)86-92-87(94-88(93-86)74-26-16-25-71(54-74)58-19-5-2-6-20-58)68-51-41-63(42-52-68)82-56-73-22-8-10-28-76(73)78-30-12-14-32-80(78)82/h1-56H. The molecule has 2 heterocycles. The highest BCUT2D eigenvalue weighted by Crippen LogP contribution is 2.40. The van der Waals surface area contributed by atoms with E-state index in [0.717, 1.165) is 89.0 Å². The molecule has 2 aromatic heterocycles. The Bertz CT molecular complexity index is 5680. The normalized spacial score (nSPS) is 11.4. The van der Waals surface area contributed by atoms with E-state index in [1.165, 1.54) is 54.2 Å². The fourth-order valence-electron chi connectivity index (χ4n) is 13.1. The van der Waals surface area contributed by atoms with Gasteiger partial charge in [0.05, 0.1) is 0 Å². The van der Waals surface area contributed by atoms with Crippen LogP contribution in [0.2, 0.25) is 0 Å². The molecular weight excluding hydrogens is 1140 g/mol. The van der Waals surface area contributed by atoms with Crippen LogP contribution in [0, 0.1) is 0 Å². The van der Waals surface area contributed by atoms with Crippen LogP contribution in [-0.4, -0.2) is 29.9 Å². The monoisotopic (exact) mass is 1200 g/mol. The van der Waals surface area contributed by atoms with Crippen LogP contribution >= 0.6 is 0 Å². The summed E-state index contributed by atoms with van der Waals surface area (Å²) < 4.78 is 0. The first-order valence-electron chi connectivity index (χ1n) is 31.7. The molecule has 0 spiro atoms. The van der Waals surface area contributed by atoms with E-state index < -0.39 is 0 Å². The molecule has 438 valence electrons. The third-order valence-electron chi connectivity index (χ3n) is 18.0. The second kappa shape index (κ2) is 24.0. The van der Waals surface area contributed by atoms with E-state index in [0.29, 0.717) is 34.9 Å². The Hall–Kier alpha value is -12.6. The predicted octanol–water partition coefficient (Wildman–Crippen LogP) is 22.7. The van der Waals surface area contributed by atoms with Gasteiger partial charge < -0.3 is 0 Å². The van der Waals surface area contributed by atoms with E-state index in [1.807, 2.05) is 12.1 Å². The highest BCUT2D eigenvalue weighted by Gasteiger charge is 2.18. The second-order valence-corrected chi connectivity index (χ2v) is 23.8. The van der Waals surface area contributed by atoms with Crippen LogP contribution in [0.5, 0.6) is 0 Å². The number of nitrogens with zero attached hydrogens (tertiary/aromatic N) is 6. The molecule has 0 saturated carbocycles. The highest BCUT2D eigenvalue weighted by atomic mass is 15.0. The summed E-state index contributed by atoms with van der Waals surface area (Å²) in [7, 11) is 0. The van der Waals surface area contributed by atoms with Crippen molar-refractivity contribution in [2.24, 2.45) is 0 Å². The molecule has 15 aromatic carbocycles. The van der Waals surface area contributed by atoms with Crippen LogP contribution in [-0.2, 0) is 0 Å². The fourth-order valence-corrected chi connectivity index (χ4v) is 13.1.